The van der Waals surface area contributed by atoms with E-state index < -0.39 is 29.7 Å². The number of alkyl halides is 3. The standard InChI is InChI=1S/C15H15F4N3O2.2C2H6/c1-9(2)24-13(23)3-4-22-8-20-14(21-22)10-5-11(15(17,18)19)7-12(16)6-10;2*1-2/h3-9,14,21H,1-2H3;2*1-2H3/b4-3-;;. The minimum absolute atomic E-state index is 0.0132. The van der Waals surface area contributed by atoms with E-state index in [9.17, 15) is 22.4 Å². The number of nitrogens with one attached hydrogen (secondary N) is 1. The first-order chi connectivity index (χ1) is 13.1. The zero-order valence-corrected chi connectivity index (χ0v) is 16.8. The van der Waals surface area contributed by atoms with E-state index in [0.717, 1.165) is 18.2 Å². The van der Waals surface area contributed by atoms with Crippen LogP contribution in [-0.4, -0.2) is 23.4 Å². The Balaban J connectivity index is 0.00000171. The van der Waals surface area contributed by atoms with Crippen LogP contribution in [0.15, 0.2) is 35.5 Å². The smallest absolute Gasteiger partial charge is 0.416 e. The van der Waals surface area contributed by atoms with Crippen LogP contribution in [0.4, 0.5) is 17.6 Å². The largest absolute Gasteiger partial charge is 0.460 e. The van der Waals surface area contributed by atoms with Gasteiger partial charge in [0, 0.05) is 12.3 Å². The lowest BCUT2D eigenvalue weighted by molar-refractivity contribution is -0.141. The maximum atomic E-state index is 13.4. The number of hydrazine groups is 1. The normalized spacial score (nSPS) is 15.8. The van der Waals surface area contributed by atoms with Crippen LogP contribution in [0.3, 0.4) is 0 Å². The summed E-state index contributed by atoms with van der Waals surface area (Å²) in [6, 6.07) is 2.20. The Hall–Kier alpha value is -2.42. The number of ether oxygens (including phenoxy) is 1. The van der Waals surface area contributed by atoms with Gasteiger partial charge in [0.15, 0.2) is 0 Å². The minimum Gasteiger partial charge on any atom is -0.460 e. The minimum atomic E-state index is -4.65. The Kier molecular flexibility index (Phi) is 11.1. The Labute approximate surface area is 163 Å². The summed E-state index contributed by atoms with van der Waals surface area (Å²) in [6.45, 7) is 11.4. The van der Waals surface area contributed by atoms with Gasteiger partial charge in [-0.2, -0.15) is 13.2 Å². The van der Waals surface area contributed by atoms with Gasteiger partial charge in [-0.1, -0.05) is 27.7 Å². The predicted octanol–water partition coefficient (Wildman–Crippen LogP) is 5.21. The molecule has 1 heterocycles. The molecular formula is C19H27F4N3O2. The number of rotatable bonds is 4. The monoisotopic (exact) mass is 405 g/mol. The highest BCUT2D eigenvalue weighted by Gasteiger charge is 2.32. The second-order valence-electron chi connectivity index (χ2n) is 5.28. The van der Waals surface area contributed by atoms with Crippen molar-refractivity contribution in [2.24, 2.45) is 4.99 Å². The molecule has 1 aliphatic rings. The van der Waals surface area contributed by atoms with Gasteiger partial charge < -0.3 is 4.74 Å². The van der Waals surface area contributed by atoms with Crippen molar-refractivity contribution in [2.45, 2.75) is 60.0 Å². The Bertz CT molecular complexity index is 674. The number of carbonyl (C=O) groups is 1. The number of nitrogens with zero attached hydrogens (tertiary/aromatic N) is 2. The Morgan fingerprint density at radius 2 is 1.82 bits per heavy atom. The van der Waals surface area contributed by atoms with Gasteiger partial charge in [0.1, 0.15) is 18.3 Å². The highest BCUT2D eigenvalue weighted by Crippen LogP contribution is 2.32. The average Bonchev–Trinajstić information content (AvgIpc) is 3.11. The summed E-state index contributed by atoms with van der Waals surface area (Å²) in [5.74, 6) is -1.58. The molecule has 0 radical (unpaired) electrons. The van der Waals surface area contributed by atoms with Gasteiger partial charge in [-0.15, -0.1) is 0 Å². The van der Waals surface area contributed by atoms with Crippen LogP contribution >= 0.6 is 0 Å². The maximum absolute atomic E-state index is 13.4. The first-order valence-corrected chi connectivity index (χ1v) is 8.99. The number of hydrogen-bond acceptors (Lipinski definition) is 5. The van der Waals surface area contributed by atoms with Crippen molar-refractivity contribution < 1.29 is 27.1 Å². The summed E-state index contributed by atoms with van der Waals surface area (Å²) in [5.41, 5.74) is 1.62. The highest BCUT2D eigenvalue weighted by molar-refractivity contribution is 5.82. The lowest BCUT2D eigenvalue weighted by Gasteiger charge is -2.15. The first kappa shape index (κ1) is 25.6. The van der Waals surface area contributed by atoms with Gasteiger partial charge in [0.2, 0.25) is 0 Å². The fourth-order valence-electron chi connectivity index (χ4n) is 1.94. The molecule has 28 heavy (non-hydrogen) atoms. The molecule has 0 aliphatic carbocycles. The van der Waals surface area contributed by atoms with Gasteiger partial charge in [-0.25, -0.2) is 19.6 Å². The quantitative estimate of drug-likeness (QED) is 0.425. The molecule has 158 valence electrons. The molecule has 0 saturated heterocycles. The molecule has 1 aromatic rings. The lowest BCUT2D eigenvalue weighted by Crippen LogP contribution is -2.29. The molecule has 0 aromatic heterocycles. The summed E-state index contributed by atoms with van der Waals surface area (Å²) in [4.78, 5) is 15.3. The molecule has 0 saturated carbocycles. The molecule has 0 bridgehead atoms. The Morgan fingerprint density at radius 3 is 2.36 bits per heavy atom. The first-order valence-electron chi connectivity index (χ1n) is 8.99. The van der Waals surface area contributed by atoms with Gasteiger partial charge in [0.05, 0.1) is 11.7 Å². The number of aliphatic imine (C=N–C) groups is 1. The average molecular weight is 405 g/mol. The topological polar surface area (TPSA) is 53.9 Å². The van der Waals surface area contributed by atoms with Crippen LogP contribution in [0.2, 0.25) is 0 Å². The summed E-state index contributed by atoms with van der Waals surface area (Å²) in [6.07, 6.45) is -2.12. The molecular weight excluding hydrogens is 378 g/mol. The van der Waals surface area contributed by atoms with Gasteiger partial charge in [-0.05, 0) is 37.6 Å². The predicted molar refractivity (Wildman–Crippen MR) is 101 cm³/mol. The van der Waals surface area contributed by atoms with Gasteiger partial charge in [-0.3, -0.25) is 5.01 Å². The third kappa shape index (κ3) is 8.51. The summed E-state index contributed by atoms with van der Waals surface area (Å²) < 4.78 is 56.5. The lowest BCUT2D eigenvalue weighted by atomic mass is 10.1. The zero-order valence-electron chi connectivity index (χ0n) is 16.8. The van der Waals surface area contributed by atoms with E-state index >= 15 is 0 Å². The fraction of sp³-hybridized carbons (Fsp3) is 0.474. The van der Waals surface area contributed by atoms with Crippen molar-refractivity contribution in [3.8, 4) is 0 Å². The molecule has 0 fully saturated rings. The third-order valence-electron chi connectivity index (χ3n) is 2.90. The molecule has 2 rings (SSSR count). The number of esters is 1. The van der Waals surface area contributed by atoms with Crippen LogP contribution in [0.1, 0.15) is 58.8 Å². The van der Waals surface area contributed by atoms with E-state index in [1.807, 2.05) is 27.7 Å². The summed E-state index contributed by atoms with van der Waals surface area (Å²) in [7, 11) is 0. The van der Waals surface area contributed by atoms with Crippen LogP contribution in [0, 0.1) is 5.82 Å². The van der Waals surface area contributed by atoms with E-state index in [-0.39, 0.29) is 11.7 Å². The van der Waals surface area contributed by atoms with E-state index in [1.165, 1.54) is 17.5 Å². The van der Waals surface area contributed by atoms with E-state index in [1.54, 1.807) is 13.8 Å². The van der Waals surface area contributed by atoms with Gasteiger partial charge in [0.25, 0.3) is 0 Å². The fourth-order valence-corrected chi connectivity index (χ4v) is 1.94. The second kappa shape index (κ2) is 12.1. The number of halogens is 4. The molecule has 9 heteroatoms. The van der Waals surface area contributed by atoms with Crippen LogP contribution < -0.4 is 5.43 Å². The molecule has 1 aromatic carbocycles. The van der Waals surface area contributed by atoms with Crippen molar-refractivity contribution in [1.82, 2.24) is 10.4 Å². The molecule has 1 atom stereocenters. The molecule has 1 unspecified atom stereocenters. The van der Waals surface area contributed by atoms with E-state index in [2.05, 4.69) is 10.4 Å². The summed E-state index contributed by atoms with van der Waals surface area (Å²) in [5, 5.41) is 1.27. The van der Waals surface area contributed by atoms with Crippen molar-refractivity contribution in [3.63, 3.8) is 0 Å². The highest BCUT2D eigenvalue weighted by atomic mass is 19.4. The molecule has 0 amide bonds. The van der Waals surface area contributed by atoms with Crippen LogP contribution in [-0.2, 0) is 15.7 Å². The van der Waals surface area contributed by atoms with Crippen molar-refractivity contribution in [1.29, 1.82) is 0 Å². The molecule has 1 N–H and O–H groups in total. The van der Waals surface area contributed by atoms with Crippen LogP contribution in [0.25, 0.3) is 0 Å². The SMILES string of the molecule is CC.CC.CC(C)OC(=O)/C=C\N1C=NC(c2cc(F)cc(C(F)(F)F)c2)N1. The summed E-state index contributed by atoms with van der Waals surface area (Å²) >= 11 is 0. The maximum Gasteiger partial charge on any atom is 0.416 e. The van der Waals surface area contributed by atoms with Crippen molar-refractivity contribution in [3.05, 3.63) is 47.4 Å². The van der Waals surface area contributed by atoms with Crippen LogP contribution in [0.5, 0.6) is 0 Å². The zero-order chi connectivity index (χ0) is 21.9. The molecule has 1 aliphatic heterocycles. The number of benzene rings is 1. The second-order valence-corrected chi connectivity index (χ2v) is 5.28. The molecule has 0 spiro atoms. The third-order valence-corrected chi connectivity index (χ3v) is 2.90. The molecule has 5 nitrogen and oxygen atoms in total. The Morgan fingerprint density at radius 1 is 1.21 bits per heavy atom. The number of hydrogen-bond donors (Lipinski definition) is 1. The van der Waals surface area contributed by atoms with Crippen molar-refractivity contribution >= 4 is 12.3 Å². The van der Waals surface area contributed by atoms with Crippen molar-refractivity contribution in [2.75, 3.05) is 0 Å². The number of carbonyl (C=O) groups excluding carboxylic acids is 1. The van der Waals surface area contributed by atoms with Gasteiger partial charge >= 0.3 is 12.1 Å². The van der Waals surface area contributed by atoms with E-state index in [4.69, 9.17) is 4.74 Å². The van der Waals surface area contributed by atoms with E-state index in [0.29, 0.717) is 6.07 Å².